The van der Waals surface area contributed by atoms with Crippen LogP contribution in [0.1, 0.15) is 36.8 Å². The van der Waals surface area contributed by atoms with Crippen molar-refractivity contribution in [3.8, 4) is 5.75 Å². The largest absolute Gasteiger partial charge is 0.497 e. The van der Waals surface area contributed by atoms with Crippen LogP contribution in [0.25, 0.3) is 0 Å². The van der Waals surface area contributed by atoms with E-state index in [0.717, 1.165) is 43.0 Å². The molecule has 0 aliphatic rings. The maximum Gasteiger partial charge on any atom is 0.119 e. The Bertz CT molecular complexity index is 595. The van der Waals surface area contributed by atoms with Crippen molar-refractivity contribution < 1.29 is 9.15 Å². The van der Waals surface area contributed by atoms with Crippen molar-refractivity contribution in [2.45, 2.75) is 39.5 Å². The molecule has 1 atom stereocenters. The van der Waals surface area contributed by atoms with Gasteiger partial charge in [-0.1, -0.05) is 31.2 Å². The summed E-state index contributed by atoms with van der Waals surface area (Å²) < 4.78 is 10.9. The van der Waals surface area contributed by atoms with Crippen LogP contribution in [0.2, 0.25) is 0 Å². The number of methoxy groups -OCH3 is 1. The van der Waals surface area contributed by atoms with Gasteiger partial charge in [-0.15, -0.1) is 0 Å². The van der Waals surface area contributed by atoms with Gasteiger partial charge in [0.1, 0.15) is 17.3 Å². The molecule has 2 heteroatoms. The molecule has 1 aromatic heterocycles. The minimum atomic E-state index is 0.579. The first-order valence-corrected chi connectivity index (χ1v) is 8.02. The summed E-state index contributed by atoms with van der Waals surface area (Å²) in [5, 5.41) is 0. The molecule has 1 heterocycles. The van der Waals surface area contributed by atoms with E-state index in [1.165, 1.54) is 5.56 Å². The third kappa shape index (κ3) is 5.44. The molecule has 0 saturated heterocycles. The van der Waals surface area contributed by atoms with E-state index in [4.69, 9.17) is 9.15 Å². The summed E-state index contributed by atoms with van der Waals surface area (Å²) in [4.78, 5) is 0. The summed E-state index contributed by atoms with van der Waals surface area (Å²) in [6.45, 7) is 4.25. The van der Waals surface area contributed by atoms with Crippen LogP contribution >= 0.6 is 0 Å². The second kappa shape index (κ2) is 8.47. The lowest BCUT2D eigenvalue weighted by Gasteiger charge is -2.05. The van der Waals surface area contributed by atoms with Gasteiger partial charge in [0.25, 0.3) is 0 Å². The highest BCUT2D eigenvalue weighted by Gasteiger charge is 2.02. The highest BCUT2D eigenvalue weighted by atomic mass is 16.5. The summed E-state index contributed by atoms with van der Waals surface area (Å²) >= 11 is 0. The highest BCUT2D eigenvalue weighted by Crippen LogP contribution is 2.16. The normalized spacial score (nSPS) is 12.7. The third-order valence-corrected chi connectivity index (χ3v) is 3.84. The monoisotopic (exact) mass is 298 g/mol. The van der Waals surface area contributed by atoms with Gasteiger partial charge in [0.2, 0.25) is 0 Å². The molecule has 0 aliphatic carbocycles. The fourth-order valence-electron chi connectivity index (χ4n) is 2.49. The Labute approximate surface area is 133 Å². The average Bonchev–Trinajstić information content (AvgIpc) is 2.95. The van der Waals surface area contributed by atoms with E-state index >= 15 is 0 Å². The van der Waals surface area contributed by atoms with E-state index in [0.29, 0.717) is 5.92 Å². The second-order valence-corrected chi connectivity index (χ2v) is 5.85. The zero-order valence-electron chi connectivity index (χ0n) is 13.8. The predicted molar refractivity (Wildman–Crippen MR) is 91.4 cm³/mol. The van der Waals surface area contributed by atoms with E-state index in [2.05, 4.69) is 37.3 Å². The zero-order chi connectivity index (χ0) is 15.8. The van der Waals surface area contributed by atoms with Gasteiger partial charge in [0.15, 0.2) is 0 Å². The molecule has 2 nitrogen and oxygen atoms in total. The average molecular weight is 298 g/mol. The maximum absolute atomic E-state index is 5.60. The number of allylic oxidation sites excluding steroid dienone is 2. The first-order chi connectivity index (χ1) is 10.7. The molecule has 0 radical (unpaired) electrons. The van der Waals surface area contributed by atoms with Gasteiger partial charge in [-0.05, 0) is 61.9 Å². The summed E-state index contributed by atoms with van der Waals surface area (Å²) in [6, 6.07) is 12.4. The van der Waals surface area contributed by atoms with Gasteiger partial charge in [-0.2, -0.15) is 0 Å². The van der Waals surface area contributed by atoms with Crippen molar-refractivity contribution in [2.24, 2.45) is 5.92 Å². The first kappa shape index (κ1) is 16.4. The van der Waals surface area contributed by atoms with Crippen molar-refractivity contribution in [3.63, 3.8) is 0 Å². The number of furan rings is 1. The molecule has 1 unspecified atom stereocenters. The zero-order valence-corrected chi connectivity index (χ0v) is 13.8. The highest BCUT2D eigenvalue weighted by molar-refractivity contribution is 5.28. The van der Waals surface area contributed by atoms with Crippen LogP contribution in [0.4, 0.5) is 0 Å². The number of rotatable bonds is 8. The van der Waals surface area contributed by atoms with Crippen molar-refractivity contribution >= 4 is 0 Å². The van der Waals surface area contributed by atoms with Crippen molar-refractivity contribution in [3.05, 3.63) is 65.6 Å². The van der Waals surface area contributed by atoms with Crippen molar-refractivity contribution in [1.82, 2.24) is 0 Å². The molecule has 0 spiro atoms. The first-order valence-electron chi connectivity index (χ1n) is 8.02. The lowest BCUT2D eigenvalue weighted by molar-refractivity contribution is 0.414. The Morgan fingerprint density at radius 1 is 1.18 bits per heavy atom. The van der Waals surface area contributed by atoms with Gasteiger partial charge in [-0.3, -0.25) is 0 Å². The standard InChI is InChI=1S/C20H26O2/c1-16(11-13-19-14-12-17(2)22-19)7-4-5-8-18-9-6-10-20(15-18)21-3/h4,6-7,9-10,12,14-16H,5,8,11,13H2,1-3H3/b7-4+. The van der Waals surface area contributed by atoms with Gasteiger partial charge in [0, 0.05) is 6.42 Å². The number of ether oxygens (including phenoxy) is 1. The molecule has 2 aromatic rings. The number of benzene rings is 1. The summed E-state index contributed by atoms with van der Waals surface area (Å²) in [5.74, 6) is 3.60. The Hall–Kier alpha value is -1.96. The third-order valence-electron chi connectivity index (χ3n) is 3.84. The van der Waals surface area contributed by atoms with Gasteiger partial charge in [0.05, 0.1) is 7.11 Å². The summed E-state index contributed by atoms with van der Waals surface area (Å²) in [5.41, 5.74) is 1.32. The van der Waals surface area contributed by atoms with E-state index < -0.39 is 0 Å². The van der Waals surface area contributed by atoms with Crippen LogP contribution in [-0.2, 0) is 12.8 Å². The van der Waals surface area contributed by atoms with Crippen LogP contribution in [-0.4, -0.2) is 7.11 Å². The lowest BCUT2D eigenvalue weighted by atomic mass is 10.0. The molecule has 0 saturated carbocycles. The van der Waals surface area contributed by atoms with Crippen LogP contribution < -0.4 is 4.74 Å². The number of aryl methyl sites for hydroxylation is 3. The van der Waals surface area contributed by atoms with Gasteiger partial charge in [-0.25, -0.2) is 0 Å². The number of hydrogen-bond acceptors (Lipinski definition) is 2. The Morgan fingerprint density at radius 3 is 2.77 bits per heavy atom. The van der Waals surface area contributed by atoms with E-state index in [1.807, 2.05) is 25.1 Å². The maximum atomic E-state index is 5.60. The topological polar surface area (TPSA) is 22.4 Å². The fraction of sp³-hybridized carbons (Fsp3) is 0.400. The van der Waals surface area contributed by atoms with E-state index in [1.54, 1.807) is 7.11 Å². The second-order valence-electron chi connectivity index (χ2n) is 5.85. The Kier molecular flexibility index (Phi) is 6.32. The molecule has 0 N–H and O–H groups in total. The van der Waals surface area contributed by atoms with Crippen LogP contribution in [0.5, 0.6) is 5.75 Å². The van der Waals surface area contributed by atoms with Gasteiger partial charge >= 0.3 is 0 Å². The Morgan fingerprint density at radius 2 is 2.05 bits per heavy atom. The minimum Gasteiger partial charge on any atom is -0.497 e. The molecule has 0 aliphatic heterocycles. The molecule has 1 aromatic carbocycles. The summed E-state index contributed by atoms with van der Waals surface area (Å²) in [6.07, 6.45) is 8.86. The minimum absolute atomic E-state index is 0.579. The molecular formula is C20H26O2. The molecule has 22 heavy (non-hydrogen) atoms. The van der Waals surface area contributed by atoms with Gasteiger partial charge < -0.3 is 9.15 Å². The smallest absolute Gasteiger partial charge is 0.119 e. The fourth-order valence-corrected chi connectivity index (χ4v) is 2.49. The molecule has 0 bridgehead atoms. The van der Waals surface area contributed by atoms with Crippen molar-refractivity contribution in [1.29, 1.82) is 0 Å². The summed E-state index contributed by atoms with van der Waals surface area (Å²) in [7, 11) is 1.71. The van der Waals surface area contributed by atoms with E-state index in [9.17, 15) is 0 Å². The van der Waals surface area contributed by atoms with Crippen LogP contribution in [0, 0.1) is 12.8 Å². The van der Waals surface area contributed by atoms with E-state index in [-0.39, 0.29) is 0 Å². The molecular weight excluding hydrogens is 272 g/mol. The molecule has 0 amide bonds. The number of hydrogen-bond donors (Lipinski definition) is 0. The molecule has 0 fully saturated rings. The molecule has 118 valence electrons. The predicted octanol–water partition coefficient (Wildman–Crippen LogP) is 5.35. The lowest BCUT2D eigenvalue weighted by Crippen LogP contribution is -1.93. The quantitative estimate of drug-likeness (QED) is 0.613. The van der Waals surface area contributed by atoms with Crippen LogP contribution in [0.3, 0.4) is 0 Å². The SMILES string of the molecule is COc1cccc(CC/C=C/C(C)CCc2ccc(C)o2)c1. The van der Waals surface area contributed by atoms with Crippen LogP contribution in [0.15, 0.2) is 53.0 Å². The Balaban J connectivity index is 1.70. The van der Waals surface area contributed by atoms with Crippen molar-refractivity contribution in [2.75, 3.05) is 7.11 Å². The molecule has 2 rings (SSSR count).